The largest absolute Gasteiger partial charge is 0.478 e. The van der Waals surface area contributed by atoms with E-state index in [1.54, 1.807) is 6.07 Å². The molecule has 1 aromatic carbocycles. The summed E-state index contributed by atoms with van der Waals surface area (Å²) in [4.78, 5) is 30.1. The number of nitrogens with zero attached hydrogens (tertiary/aromatic N) is 2. The average molecular weight is 577 g/mol. The lowest BCUT2D eigenvalue weighted by molar-refractivity contribution is -0.133. The molecule has 1 aliphatic heterocycles. The van der Waals surface area contributed by atoms with Crippen LogP contribution in [0.5, 0.6) is 0 Å². The number of carbonyl (C=O) groups excluding carboxylic acids is 1. The van der Waals surface area contributed by atoms with Crippen LogP contribution < -0.4 is 16.0 Å². The number of carbonyl (C=O) groups is 2. The smallest absolute Gasteiger partial charge is 0.331 e. The van der Waals surface area contributed by atoms with Gasteiger partial charge in [-0.3, -0.25) is 9.78 Å². The van der Waals surface area contributed by atoms with Crippen LogP contribution in [0.3, 0.4) is 0 Å². The van der Waals surface area contributed by atoms with Gasteiger partial charge in [-0.1, -0.05) is 19.1 Å². The van der Waals surface area contributed by atoms with Crippen molar-refractivity contribution in [2.45, 2.75) is 31.7 Å². The van der Waals surface area contributed by atoms with E-state index < -0.39 is 58.1 Å². The molecule has 1 amide bonds. The van der Waals surface area contributed by atoms with E-state index in [1.165, 1.54) is 12.4 Å². The summed E-state index contributed by atoms with van der Waals surface area (Å²) in [7, 11) is 0. The van der Waals surface area contributed by atoms with Crippen LogP contribution in [0, 0.1) is 11.7 Å². The van der Waals surface area contributed by atoms with Crippen molar-refractivity contribution in [2.75, 3.05) is 23.3 Å². The zero-order valence-corrected chi connectivity index (χ0v) is 21.7. The molecule has 1 saturated heterocycles. The van der Waals surface area contributed by atoms with Crippen LogP contribution >= 0.6 is 24.8 Å². The molecule has 0 unspecified atom stereocenters. The van der Waals surface area contributed by atoms with E-state index in [9.17, 15) is 22.8 Å². The molecule has 2 aliphatic rings. The highest BCUT2D eigenvalue weighted by molar-refractivity contribution is 6.06. The standard InChI is InChI=1S/C25H24F4N4O3.2ClH/c1-13-7-15(30)12-33(11-13)20-5-6-31-10-19(20)32-23(34)17-4-2-3-16(22(17)27)21-18(26)8-14(24(35)36)9-25(21,28)29;;/h2-6,8,10,13,15H,7,9,11-12,30H2,1H3,(H,32,34)(H,35,36);2*1H/t13-,15+;;/m1../s1. The lowest BCUT2D eigenvalue weighted by Gasteiger charge is -2.37. The van der Waals surface area contributed by atoms with Gasteiger partial charge < -0.3 is 21.1 Å². The number of carboxylic acid groups (broad SMARTS) is 1. The number of amides is 1. The Morgan fingerprint density at radius 2 is 1.89 bits per heavy atom. The van der Waals surface area contributed by atoms with Crippen molar-refractivity contribution in [1.82, 2.24) is 4.98 Å². The van der Waals surface area contributed by atoms with Gasteiger partial charge in [0, 0.05) is 42.9 Å². The highest BCUT2D eigenvalue weighted by Crippen LogP contribution is 2.45. The highest BCUT2D eigenvalue weighted by Gasteiger charge is 2.44. The van der Waals surface area contributed by atoms with Crippen molar-refractivity contribution >= 4 is 53.6 Å². The number of carboxylic acids is 1. The maximum Gasteiger partial charge on any atom is 0.331 e. The van der Waals surface area contributed by atoms with Gasteiger partial charge in [0.1, 0.15) is 11.6 Å². The number of piperidine rings is 1. The average Bonchev–Trinajstić information content (AvgIpc) is 2.78. The number of hydrogen-bond acceptors (Lipinski definition) is 5. The number of aliphatic carboxylic acids is 1. The number of nitrogens with two attached hydrogens (primary N) is 1. The van der Waals surface area contributed by atoms with Gasteiger partial charge in [-0.05, 0) is 30.5 Å². The second-order valence-corrected chi connectivity index (χ2v) is 9.10. The summed E-state index contributed by atoms with van der Waals surface area (Å²) < 4.78 is 59.4. The Labute approximate surface area is 228 Å². The van der Waals surface area contributed by atoms with Crippen molar-refractivity contribution < 1.29 is 32.3 Å². The molecule has 38 heavy (non-hydrogen) atoms. The lowest BCUT2D eigenvalue weighted by atomic mass is 9.88. The zero-order valence-electron chi connectivity index (χ0n) is 20.1. The summed E-state index contributed by atoms with van der Waals surface area (Å²) in [5.41, 5.74) is 3.47. The molecule has 7 nitrogen and oxygen atoms in total. The third-order valence-electron chi connectivity index (χ3n) is 6.18. The summed E-state index contributed by atoms with van der Waals surface area (Å²) in [6.45, 7) is 3.27. The Morgan fingerprint density at radius 1 is 1.18 bits per heavy atom. The maximum absolute atomic E-state index is 15.4. The van der Waals surface area contributed by atoms with Crippen LogP contribution in [0.15, 0.2) is 54.1 Å². The fraction of sp³-hybridized carbons (Fsp3) is 0.320. The number of hydrogen-bond donors (Lipinski definition) is 3. The molecule has 4 N–H and O–H groups in total. The Bertz CT molecular complexity index is 1280. The van der Waals surface area contributed by atoms with Gasteiger partial charge in [0.15, 0.2) is 0 Å². The molecule has 0 saturated carbocycles. The number of anilines is 2. The van der Waals surface area contributed by atoms with E-state index in [0.29, 0.717) is 30.8 Å². The summed E-state index contributed by atoms with van der Waals surface area (Å²) in [5, 5.41) is 11.5. The number of rotatable bonds is 5. The Kier molecular flexibility index (Phi) is 9.93. The van der Waals surface area contributed by atoms with Gasteiger partial charge in [-0.2, -0.15) is 0 Å². The normalized spacial score (nSPS) is 20.6. The van der Waals surface area contributed by atoms with E-state index in [0.717, 1.165) is 24.6 Å². The number of allylic oxidation sites excluding steroid dienone is 3. The summed E-state index contributed by atoms with van der Waals surface area (Å²) in [6, 6.07) is 4.76. The number of halogens is 6. The number of pyridine rings is 1. The number of nitrogens with one attached hydrogen (secondary N) is 1. The summed E-state index contributed by atoms with van der Waals surface area (Å²) in [5.74, 6) is -9.27. The number of benzene rings is 1. The molecule has 0 bridgehead atoms. The SMILES string of the molecule is C[C@@H]1C[C@H](N)CN(c2ccncc2NC(=O)c2cccc(C3=C(F)C=C(C(=O)O)CC3(F)F)c2F)C1.Cl.Cl. The minimum Gasteiger partial charge on any atom is -0.478 e. The van der Waals surface area contributed by atoms with Crippen LogP contribution in [-0.2, 0) is 4.79 Å². The molecule has 2 aromatic rings. The molecular weight excluding hydrogens is 551 g/mol. The summed E-state index contributed by atoms with van der Waals surface area (Å²) >= 11 is 0. The molecule has 0 spiro atoms. The lowest BCUT2D eigenvalue weighted by Crippen LogP contribution is -2.46. The fourth-order valence-electron chi connectivity index (χ4n) is 4.69. The van der Waals surface area contributed by atoms with Crippen LogP contribution in [0.4, 0.5) is 28.9 Å². The van der Waals surface area contributed by atoms with E-state index in [2.05, 4.69) is 17.2 Å². The molecule has 2 atom stereocenters. The highest BCUT2D eigenvalue weighted by atomic mass is 35.5. The number of aromatic nitrogens is 1. The molecular formula is C25H26Cl2F4N4O3. The van der Waals surface area contributed by atoms with Crippen molar-refractivity contribution in [3.8, 4) is 0 Å². The van der Waals surface area contributed by atoms with Gasteiger partial charge >= 0.3 is 5.97 Å². The first kappa shape index (κ1) is 31.1. The molecule has 1 fully saturated rings. The number of alkyl halides is 2. The van der Waals surface area contributed by atoms with E-state index >= 15 is 4.39 Å². The molecule has 4 rings (SSSR count). The van der Waals surface area contributed by atoms with Crippen LogP contribution in [0.2, 0.25) is 0 Å². The second kappa shape index (κ2) is 12.1. The maximum atomic E-state index is 15.4. The first-order chi connectivity index (χ1) is 17.0. The fourth-order valence-corrected chi connectivity index (χ4v) is 4.69. The predicted molar refractivity (Wildman–Crippen MR) is 140 cm³/mol. The van der Waals surface area contributed by atoms with Crippen LogP contribution in [0.1, 0.15) is 35.7 Å². The Morgan fingerprint density at radius 3 is 2.53 bits per heavy atom. The minimum absolute atomic E-state index is 0. The van der Waals surface area contributed by atoms with Crippen molar-refractivity contribution in [3.63, 3.8) is 0 Å². The predicted octanol–water partition coefficient (Wildman–Crippen LogP) is 5.22. The molecule has 1 aromatic heterocycles. The third-order valence-corrected chi connectivity index (χ3v) is 6.18. The first-order valence-corrected chi connectivity index (χ1v) is 11.2. The molecule has 2 heterocycles. The topological polar surface area (TPSA) is 109 Å². The Balaban J connectivity index is 0.00000253. The molecule has 1 aliphatic carbocycles. The summed E-state index contributed by atoms with van der Waals surface area (Å²) in [6.07, 6.45) is 2.90. The van der Waals surface area contributed by atoms with Gasteiger partial charge in [-0.15, -0.1) is 24.8 Å². The van der Waals surface area contributed by atoms with Crippen molar-refractivity contribution in [1.29, 1.82) is 0 Å². The second-order valence-electron chi connectivity index (χ2n) is 9.10. The van der Waals surface area contributed by atoms with Gasteiger partial charge in [-0.25, -0.2) is 22.4 Å². The van der Waals surface area contributed by atoms with Gasteiger partial charge in [0.05, 0.1) is 28.7 Å². The van der Waals surface area contributed by atoms with E-state index in [4.69, 9.17) is 10.8 Å². The Hall–Kier alpha value is -3.15. The monoisotopic (exact) mass is 576 g/mol. The van der Waals surface area contributed by atoms with E-state index in [1.807, 2.05) is 4.90 Å². The molecule has 13 heteroatoms. The van der Waals surface area contributed by atoms with Gasteiger partial charge in [0.2, 0.25) is 0 Å². The van der Waals surface area contributed by atoms with Crippen LogP contribution in [0.25, 0.3) is 5.57 Å². The first-order valence-electron chi connectivity index (χ1n) is 11.2. The van der Waals surface area contributed by atoms with Crippen molar-refractivity contribution in [2.24, 2.45) is 11.7 Å². The minimum atomic E-state index is -4.00. The molecule has 0 radical (unpaired) electrons. The van der Waals surface area contributed by atoms with E-state index in [-0.39, 0.29) is 36.5 Å². The zero-order chi connectivity index (χ0) is 26.2. The quantitative estimate of drug-likeness (QED) is 0.421. The van der Waals surface area contributed by atoms with Crippen molar-refractivity contribution in [3.05, 3.63) is 71.1 Å². The third kappa shape index (κ3) is 6.28. The van der Waals surface area contributed by atoms with Crippen LogP contribution in [-0.4, -0.2) is 47.0 Å². The molecule has 206 valence electrons. The van der Waals surface area contributed by atoms with Gasteiger partial charge in [0.25, 0.3) is 11.8 Å².